The average Bonchev–Trinajstić information content (AvgIpc) is 2.57. The largest absolute Gasteiger partial charge is 0.0616 e. The Labute approximate surface area is 131 Å². The summed E-state index contributed by atoms with van der Waals surface area (Å²) in [6, 6.07) is 26.3. The summed E-state index contributed by atoms with van der Waals surface area (Å²) in [4.78, 5) is 0. The minimum absolute atomic E-state index is 1.29. The summed E-state index contributed by atoms with van der Waals surface area (Å²) in [5.41, 5.74) is 5.29. The van der Waals surface area contributed by atoms with Gasteiger partial charge in [-0.1, -0.05) is 78.4 Å². The maximum Gasteiger partial charge on any atom is -0.00266 e. The number of hydrogen-bond acceptors (Lipinski definition) is 0. The molecule has 106 valence electrons. The topological polar surface area (TPSA) is 0 Å². The van der Waals surface area contributed by atoms with Crippen LogP contribution in [0.25, 0.3) is 32.7 Å². The predicted octanol–water partition coefficient (Wildman–Crippen LogP) is 6.28. The first-order valence-corrected chi connectivity index (χ1v) is 7.73. The molecule has 22 heavy (non-hydrogen) atoms. The number of aryl methyl sites for hydroxylation is 2. The lowest BCUT2D eigenvalue weighted by atomic mass is 9.89. The molecule has 0 spiro atoms. The van der Waals surface area contributed by atoms with Gasteiger partial charge in [0.2, 0.25) is 0 Å². The van der Waals surface area contributed by atoms with Crippen LogP contribution in [0, 0.1) is 13.8 Å². The van der Waals surface area contributed by atoms with Crippen LogP contribution in [-0.4, -0.2) is 0 Å². The van der Waals surface area contributed by atoms with Gasteiger partial charge in [0.1, 0.15) is 0 Å². The van der Waals surface area contributed by atoms with E-state index in [-0.39, 0.29) is 0 Å². The van der Waals surface area contributed by atoms with Gasteiger partial charge in [0, 0.05) is 0 Å². The number of benzene rings is 4. The summed E-state index contributed by atoms with van der Waals surface area (Å²) in [6.07, 6.45) is 0. The molecule has 0 aliphatic carbocycles. The zero-order chi connectivity index (χ0) is 15.1. The molecule has 0 heterocycles. The van der Waals surface area contributed by atoms with Gasteiger partial charge in [-0.15, -0.1) is 0 Å². The highest BCUT2D eigenvalue weighted by Crippen LogP contribution is 2.38. The molecule has 0 saturated heterocycles. The van der Waals surface area contributed by atoms with Crippen LogP contribution in [0.3, 0.4) is 0 Å². The molecule has 4 aromatic carbocycles. The van der Waals surface area contributed by atoms with Gasteiger partial charge in [-0.2, -0.15) is 0 Å². The second-order valence-electron chi connectivity index (χ2n) is 5.96. The Kier molecular flexibility index (Phi) is 2.97. The van der Waals surface area contributed by atoms with Gasteiger partial charge in [-0.25, -0.2) is 0 Å². The molecule has 0 unspecified atom stereocenters. The quantitative estimate of drug-likeness (QED) is 0.360. The summed E-state index contributed by atoms with van der Waals surface area (Å²) in [6.45, 7) is 4.36. The summed E-state index contributed by atoms with van der Waals surface area (Å²) in [5.74, 6) is 0. The third-order valence-corrected chi connectivity index (χ3v) is 4.54. The number of hydrogen-bond donors (Lipinski definition) is 0. The molecule has 0 aromatic heterocycles. The summed E-state index contributed by atoms with van der Waals surface area (Å²) in [5, 5.41) is 5.36. The van der Waals surface area contributed by atoms with Gasteiger partial charge < -0.3 is 0 Å². The fourth-order valence-corrected chi connectivity index (χ4v) is 3.38. The van der Waals surface area contributed by atoms with Crippen molar-refractivity contribution in [1.82, 2.24) is 0 Å². The van der Waals surface area contributed by atoms with Gasteiger partial charge in [0.15, 0.2) is 0 Å². The lowest BCUT2D eigenvalue weighted by Crippen LogP contribution is -1.89. The van der Waals surface area contributed by atoms with Crippen molar-refractivity contribution in [1.29, 1.82) is 0 Å². The van der Waals surface area contributed by atoms with Crippen LogP contribution in [0.4, 0.5) is 0 Å². The molecule has 0 fully saturated rings. The van der Waals surface area contributed by atoms with Gasteiger partial charge in [-0.05, 0) is 52.1 Å². The van der Waals surface area contributed by atoms with Crippen LogP contribution in [0.15, 0.2) is 72.8 Å². The molecule has 4 aromatic rings. The molecule has 0 nitrogen and oxygen atoms in total. The predicted molar refractivity (Wildman–Crippen MR) is 96.4 cm³/mol. The van der Waals surface area contributed by atoms with E-state index in [0.29, 0.717) is 0 Å². The first-order chi connectivity index (χ1) is 10.8. The Morgan fingerprint density at radius 1 is 0.500 bits per heavy atom. The number of rotatable bonds is 1. The first-order valence-electron chi connectivity index (χ1n) is 7.73. The molecule has 0 bridgehead atoms. The maximum absolute atomic E-state index is 2.24. The van der Waals surface area contributed by atoms with E-state index in [1.165, 1.54) is 43.8 Å². The Balaban J connectivity index is 2.23. The Morgan fingerprint density at radius 2 is 0.955 bits per heavy atom. The zero-order valence-corrected chi connectivity index (χ0v) is 12.9. The normalized spacial score (nSPS) is 11.2. The van der Waals surface area contributed by atoms with Crippen molar-refractivity contribution in [3.05, 3.63) is 83.9 Å². The molecular weight excluding hydrogens is 264 g/mol. The van der Waals surface area contributed by atoms with Crippen LogP contribution in [0.2, 0.25) is 0 Å². The molecule has 0 aliphatic rings. The summed E-state index contributed by atoms with van der Waals surface area (Å²) < 4.78 is 0. The van der Waals surface area contributed by atoms with Gasteiger partial charge in [0.05, 0.1) is 0 Å². The van der Waals surface area contributed by atoms with Crippen molar-refractivity contribution >= 4 is 21.5 Å². The number of fused-ring (bicyclic) bond motifs is 2. The van der Waals surface area contributed by atoms with Crippen LogP contribution < -0.4 is 0 Å². The lowest BCUT2D eigenvalue weighted by Gasteiger charge is -2.15. The highest BCUT2D eigenvalue weighted by molar-refractivity contribution is 6.14. The highest BCUT2D eigenvalue weighted by atomic mass is 14.2. The molecule has 0 N–H and O–H groups in total. The molecule has 0 heteroatoms. The van der Waals surface area contributed by atoms with Crippen LogP contribution in [-0.2, 0) is 0 Å². The average molecular weight is 282 g/mol. The van der Waals surface area contributed by atoms with Crippen molar-refractivity contribution in [3.63, 3.8) is 0 Å². The van der Waals surface area contributed by atoms with Crippen LogP contribution in [0.1, 0.15) is 11.1 Å². The monoisotopic (exact) mass is 282 g/mol. The Hall–Kier alpha value is -2.60. The molecule has 0 aliphatic heterocycles. The third-order valence-electron chi connectivity index (χ3n) is 4.54. The van der Waals surface area contributed by atoms with Crippen molar-refractivity contribution in [3.8, 4) is 11.1 Å². The zero-order valence-electron chi connectivity index (χ0n) is 12.9. The van der Waals surface area contributed by atoms with E-state index in [0.717, 1.165) is 0 Å². The van der Waals surface area contributed by atoms with Crippen molar-refractivity contribution in [2.75, 3.05) is 0 Å². The van der Waals surface area contributed by atoms with E-state index in [2.05, 4.69) is 86.6 Å². The molecule has 4 rings (SSSR count). The van der Waals surface area contributed by atoms with Crippen molar-refractivity contribution in [2.45, 2.75) is 13.8 Å². The standard InChI is InChI=1S/C22H18/c1-15-11-13-17(14-12-15)22-20-9-5-3-7-18(20)16(2)19-8-4-6-10-21(19)22/h3-14H,1-2H3. The Bertz CT molecular complexity index is 919. The third kappa shape index (κ3) is 1.92. The molecule has 0 amide bonds. The molecule has 0 saturated carbocycles. The summed E-state index contributed by atoms with van der Waals surface area (Å²) >= 11 is 0. The van der Waals surface area contributed by atoms with E-state index >= 15 is 0 Å². The Morgan fingerprint density at radius 3 is 1.45 bits per heavy atom. The van der Waals surface area contributed by atoms with E-state index in [4.69, 9.17) is 0 Å². The van der Waals surface area contributed by atoms with Crippen LogP contribution in [0.5, 0.6) is 0 Å². The highest BCUT2D eigenvalue weighted by Gasteiger charge is 2.12. The second-order valence-corrected chi connectivity index (χ2v) is 5.96. The second kappa shape index (κ2) is 4.99. The maximum atomic E-state index is 2.24. The van der Waals surface area contributed by atoms with E-state index in [1.807, 2.05) is 0 Å². The van der Waals surface area contributed by atoms with Gasteiger partial charge >= 0.3 is 0 Å². The van der Waals surface area contributed by atoms with Crippen molar-refractivity contribution in [2.24, 2.45) is 0 Å². The van der Waals surface area contributed by atoms with Crippen molar-refractivity contribution < 1.29 is 0 Å². The minimum atomic E-state index is 1.29. The SMILES string of the molecule is Cc1ccc(-c2c3ccccc3c(C)c3ccccc23)cc1. The van der Waals surface area contributed by atoms with E-state index in [1.54, 1.807) is 0 Å². The van der Waals surface area contributed by atoms with Gasteiger partial charge in [-0.3, -0.25) is 0 Å². The molecule has 0 radical (unpaired) electrons. The van der Waals surface area contributed by atoms with Crippen LogP contribution >= 0.6 is 0 Å². The first kappa shape index (κ1) is 13.1. The molecule has 0 atom stereocenters. The summed E-state index contributed by atoms with van der Waals surface area (Å²) in [7, 11) is 0. The van der Waals surface area contributed by atoms with E-state index in [9.17, 15) is 0 Å². The fourth-order valence-electron chi connectivity index (χ4n) is 3.38. The van der Waals surface area contributed by atoms with E-state index < -0.39 is 0 Å². The lowest BCUT2D eigenvalue weighted by molar-refractivity contribution is 1.47. The fraction of sp³-hybridized carbons (Fsp3) is 0.0909. The molecular formula is C22H18. The smallest absolute Gasteiger partial charge is 0.00266 e. The minimum Gasteiger partial charge on any atom is -0.0616 e. The van der Waals surface area contributed by atoms with Gasteiger partial charge in [0.25, 0.3) is 0 Å².